The van der Waals surface area contributed by atoms with Crippen LogP contribution in [0.25, 0.3) is 0 Å². The van der Waals surface area contributed by atoms with Crippen LogP contribution in [0.1, 0.15) is 26.2 Å². The lowest BCUT2D eigenvalue weighted by Crippen LogP contribution is -2.40. The van der Waals surface area contributed by atoms with Crippen LogP contribution in [0.3, 0.4) is 0 Å². The van der Waals surface area contributed by atoms with Crippen molar-refractivity contribution in [3.8, 4) is 12.3 Å². The van der Waals surface area contributed by atoms with Gasteiger partial charge < -0.3 is 15.7 Å². The van der Waals surface area contributed by atoms with E-state index in [1.54, 1.807) is 0 Å². The smallest absolute Gasteiger partial charge is 0.315 e. The lowest BCUT2D eigenvalue weighted by atomic mass is 10.1. The van der Waals surface area contributed by atoms with Gasteiger partial charge in [-0.25, -0.2) is 4.79 Å². The SMILES string of the molecule is C#CCNC(=O)NC(C)CCCC(=O)O. The number of carbonyl (C=O) groups is 2. The van der Waals surface area contributed by atoms with Crippen LogP contribution in [0, 0.1) is 12.3 Å². The van der Waals surface area contributed by atoms with E-state index in [1.807, 2.05) is 6.92 Å². The third-order valence-electron chi connectivity index (χ3n) is 1.76. The van der Waals surface area contributed by atoms with Crippen molar-refractivity contribution < 1.29 is 14.7 Å². The van der Waals surface area contributed by atoms with E-state index in [9.17, 15) is 9.59 Å². The zero-order valence-corrected chi connectivity index (χ0v) is 8.75. The Kier molecular flexibility index (Phi) is 6.81. The van der Waals surface area contributed by atoms with Crippen molar-refractivity contribution in [2.24, 2.45) is 0 Å². The highest BCUT2D eigenvalue weighted by atomic mass is 16.4. The molecule has 0 radical (unpaired) electrons. The fourth-order valence-corrected chi connectivity index (χ4v) is 1.04. The quantitative estimate of drug-likeness (QED) is 0.563. The van der Waals surface area contributed by atoms with Gasteiger partial charge in [0.1, 0.15) is 0 Å². The number of nitrogens with one attached hydrogen (secondary N) is 2. The molecule has 0 bridgehead atoms. The summed E-state index contributed by atoms with van der Waals surface area (Å²) in [5, 5.41) is 13.5. The number of terminal acetylenes is 1. The molecule has 0 rings (SSSR count). The molecule has 0 aliphatic heterocycles. The largest absolute Gasteiger partial charge is 0.481 e. The summed E-state index contributed by atoms with van der Waals surface area (Å²) in [4.78, 5) is 21.3. The van der Waals surface area contributed by atoms with Crippen LogP contribution < -0.4 is 10.6 Å². The molecule has 0 heterocycles. The topological polar surface area (TPSA) is 78.4 Å². The normalized spacial score (nSPS) is 11.2. The van der Waals surface area contributed by atoms with Crippen LogP contribution in [-0.4, -0.2) is 29.7 Å². The minimum absolute atomic E-state index is 0.0536. The van der Waals surface area contributed by atoms with Crippen molar-refractivity contribution >= 4 is 12.0 Å². The first-order chi connectivity index (χ1) is 7.06. The number of carboxylic acids is 1. The van der Waals surface area contributed by atoms with Crippen LogP contribution in [-0.2, 0) is 4.79 Å². The summed E-state index contributed by atoms with van der Waals surface area (Å²) in [6.45, 7) is 2.00. The molecule has 0 saturated heterocycles. The Morgan fingerprint density at radius 1 is 1.53 bits per heavy atom. The number of hydrogen-bond donors (Lipinski definition) is 3. The van der Waals surface area contributed by atoms with E-state index in [0.717, 1.165) is 0 Å². The van der Waals surface area contributed by atoms with Gasteiger partial charge in [-0.15, -0.1) is 6.42 Å². The number of rotatable bonds is 6. The second kappa shape index (κ2) is 7.68. The van der Waals surface area contributed by atoms with Gasteiger partial charge in [0.15, 0.2) is 0 Å². The highest BCUT2D eigenvalue weighted by Gasteiger charge is 2.06. The molecule has 1 unspecified atom stereocenters. The summed E-state index contributed by atoms with van der Waals surface area (Å²) >= 11 is 0. The summed E-state index contributed by atoms with van der Waals surface area (Å²) in [7, 11) is 0. The maximum absolute atomic E-state index is 11.1. The maximum Gasteiger partial charge on any atom is 0.315 e. The van der Waals surface area contributed by atoms with Crippen molar-refractivity contribution in [1.29, 1.82) is 0 Å². The maximum atomic E-state index is 11.1. The molecule has 0 aromatic rings. The number of hydrogen-bond acceptors (Lipinski definition) is 2. The molecule has 84 valence electrons. The van der Waals surface area contributed by atoms with Gasteiger partial charge in [0.2, 0.25) is 0 Å². The molecule has 0 spiro atoms. The van der Waals surface area contributed by atoms with E-state index in [1.165, 1.54) is 0 Å². The monoisotopic (exact) mass is 212 g/mol. The zero-order chi connectivity index (χ0) is 11.7. The van der Waals surface area contributed by atoms with Gasteiger partial charge in [-0.2, -0.15) is 0 Å². The lowest BCUT2D eigenvalue weighted by molar-refractivity contribution is -0.137. The summed E-state index contributed by atoms with van der Waals surface area (Å²) in [6.07, 6.45) is 6.27. The molecule has 1 atom stereocenters. The molecular weight excluding hydrogens is 196 g/mol. The van der Waals surface area contributed by atoms with Gasteiger partial charge in [-0.1, -0.05) is 5.92 Å². The van der Waals surface area contributed by atoms with Crippen molar-refractivity contribution in [3.05, 3.63) is 0 Å². The number of carboxylic acid groups (broad SMARTS) is 1. The van der Waals surface area contributed by atoms with Crippen LogP contribution in [0.4, 0.5) is 4.79 Å². The number of urea groups is 1. The Morgan fingerprint density at radius 3 is 2.73 bits per heavy atom. The standard InChI is InChI=1S/C10H16N2O3/c1-3-7-11-10(15)12-8(2)5-4-6-9(13)14/h1,8H,4-7H2,2H3,(H,13,14)(H2,11,12,15). The molecule has 0 aliphatic rings. The fraction of sp³-hybridized carbons (Fsp3) is 0.600. The van der Waals surface area contributed by atoms with Crippen molar-refractivity contribution in [3.63, 3.8) is 0 Å². The Labute approximate surface area is 89.2 Å². The first-order valence-corrected chi connectivity index (χ1v) is 4.76. The predicted molar refractivity (Wildman–Crippen MR) is 56.3 cm³/mol. The number of aliphatic carboxylic acids is 1. The van der Waals surface area contributed by atoms with Crippen LogP contribution in [0.2, 0.25) is 0 Å². The lowest BCUT2D eigenvalue weighted by Gasteiger charge is -2.12. The van der Waals surface area contributed by atoms with E-state index in [0.29, 0.717) is 12.8 Å². The van der Waals surface area contributed by atoms with Crippen molar-refractivity contribution in [1.82, 2.24) is 10.6 Å². The first-order valence-electron chi connectivity index (χ1n) is 4.76. The molecule has 5 nitrogen and oxygen atoms in total. The van der Waals surface area contributed by atoms with Crippen molar-refractivity contribution in [2.45, 2.75) is 32.2 Å². The highest BCUT2D eigenvalue weighted by Crippen LogP contribution is 1.99. The molecule has 5 heteroatoms. The van der Waals surface area contributed by atoms with Crippen LogP contribution in [0.15, 0.2) is 0 Å². The van der Waals surface area contributed by atoms with Gasteiger partial charge >= 0.3 is 12.0 Å². The Hall–Kier alpha value is -1.70. The summed E-state index contributed by atoms with van der Waals surface area (Å²) < 4.78 is 0. The molecule has 0 aromatic heterocycles. The third-order valence-corrected chi connectivity index (χ3v) is 1.76. The average molecular weight is 212 g/mol. The van der Waals surface area contributed by atoms with E-state index < -0.39 is 5.97 Å². The van der Waals surface area contributed by atoms with Gasteiger partial charge in [0, 0.05) is 12.5 Å². The second-order valence-electron chi connectivity index (χ2n) is 3.22. The van der Waals surface area contributed by atoms with E-state index >= 15 is 0 Å². The average Bonchev–Trinajstić information content (AvgIpc) is 2.14. The first kappa shape index (κ1) is 13.3. The molecule has 3 N–H and O–H groups in total. The fourth-order valence-electron chi connectivity index (χ4n) is 1.04. The zero-order valence-electron chi connectivity index (χ0n) is 8.75. The Balaban J connectivity index is 3.56. The van der Waals surface area contributed by atoms with Gasteiger partial charge in [0.05, 0.1) is 6.54 Å². The number of carbonyl (C=O) groups excluding carboxylic acids is 1. The molecule has 0 fully saturated rings. The van der Waals surface area contributed by atoms with Gasteiger partial charge in [-0.05, 0) is 19.8 Å². The molecule has 0 aliphatic carbocycles. The minimum atomic E-state index is -0.820. The van der Waals surface area contributed by atoms with Crippen LogP contribution in [0.5, 0.6) is 0 Å². The second-order valence-corrected chi connectivity index (χ2v) is 3.22. The predicted octanol–water partition coefficient (Wildman–Crippen LogP) is 0.562. The van der Waals surface area contributed by atoms with E-state index in [-0.39, 0.29) is 25.0 Å². The summed E-state index contributed by atoms with van der Waals surface area (Å²) in [5.41, 5.74) is 0. The molecule has 15 heavy (non-hydrogen) atoms. The molecule has 0 saturated carbocycles. The Morgan fingerprint density at radius 2 is 2.20 bits per heavy atom. The molecule has 2 amide bonds. The summed E-state index contributed by atoms with van der Waals surface area (Å²) in [5.74, 6) is 1.46. The Bertz CT molecular complexity index is 258. The van der Waals surface area contributed by atoms with E-state index in [2.05, 4.69) is 16.6 Å². The minimum Gasteiger partial charge on any atom is -0.481 e. The number of amides is 2. The highest BCUT2D eigenvalue weighted by molar-refractivity contribution is 5.74. The molecule has 0 aromatic carbocycles. The van der Waals surface area contributed by atoms with Gasteiger partial charge in [-0.3, -0.25) is 4.79 Å². The van der Waals surface area contributed by atoms with Crippen molar-refractivity contribution in [2.75, 3.05) is 6.54 Å². The van der Waals surface area contributed by atoms with E-state index in [4.69, 9.17) is 11.5 Å². The summed E-state index contributed by atoms with van der Waals surface area (Å²) in [6, 6.07) is -0.377. The van der Waals surface area contributed by atoms with Crippen LogP contribution >= 0.6 is 0 Å². The van der Waals surface area contributed by atoms with Gasteiger partial charge in [0.25, 0.3) is 0 Å². The molecular formula is C10H16N2O3. The third kappa shape index (κ3) is 8.63.